The first-order valence-corrected chi connectivity index (χ1v) is 7.15. The number of halogens is 1. The maximum absolute atomic E-state index is 12.2. The Balaban J connectivity index is 2.88. The molecule has 4 nitrogen and oxygen atoms in total. The zero-order chi connectivity index (χ0) is 14.6. The minimum Gasteiger partial charge on any atom is -0.444 e. The molecule has 0 aliphatic rings. The van der Waals surface area contributed by atoms with Crippen molar-refractivity contribution in [1.29, 1.82) is 0 Å². The minimum absolute atomic E-state index is 0.127. The molecule has 0 bridgehead atoms. The van der Waals surface area contributed by atoms with Crippen molar-refractivity contribution in [2.75, 3.05) is 6.54 Å². The van der Waals surface area contributed by atoms with E-state index in [9.17, 15) is 4.79 Å². The standard InChI is InChI=1S/C14H21BrN2O2/c1-6-17(13(18)19-14(3,4)5)10(2)12-9-11(15)7-8-16-12/h7-10H,6H2,1-5H3/t10-/m1/s1. The van der Waals surface area contributed by atoms with Crippen molar-refractivity contribution in [1.82, 2.24) is 9.88 Å². The molecule has 0 N–H and O–H groups in total. The number of carbonyl (C=O) groups excluding carboxylic acids is 1. The van der Waals surface area contributed by atoms with E-state index < -0.39 is 5.60 Å². The van der Waals surface area contributed by atoms with Crippen molar-refractivity contribution in [3.05, 3.63) is 28.5 Å². The first-order valence-electron chi connectivity index (χ1n) is 6.35. The predicted octanol–water partition coefficient (Wildman–Crippen LogP) is 4.16. The SMILES string of the molecule is CCN(C(=O)OC(C)(C)C)[C@H](C)c1cc(Br)ccn1. The molecule has 0 fully saturated rings. The lowest BCUT2D eigenvalue weighted by atomic mass is 10.2. The normalized spacial score (nSPS) is 12.9. The van der Waals surface area contributed by atoms with Crippen LogP contribution in [-0.2, 0) is 4.74 Å². The Hall–Kier alpha value is -1.10. The van der Waals surface area contributed by atoms with E-state index in [0.717, 1.165) is 10.2 Å². The molecule has 0 aliphatic carbocycles. The van der Waals surface area contributed by atoms with Gasteiger partial charge in [0.2, 0.25) is 0 Å². The summed E-state index contributed by atoms with van der Waals surface area (Å²) >= 11 is 3.41. The molecular weight excluding hydrogens is 308 g/mol. The van der Waals surface area contributed by atoms with E-state index in [-0.39, 0.29) is 12.1 Å². The number of hydrogen-bond donors (Lipinski definition) is 0. The van der Waals surface area contributed by atoms with Gasteiger partial charge in [-0.2, -0.15) is 0 Å². The van der Waals surface area contributed by atoms with E-state index in [4.69, 9.17) is 4.74 Å². The number of rotatable bonds is 3. The van der Waals surface area contributed by atoms with Crippen molar-refractivity contribution in [3.8, 4) is 0 Å². The van der Waals surface area contributed by atoms with Crippen molar-refractivity contribution >= 4 is 22.0 Å². The quantitative estimate of drug-likeness (QED) is 0.836. The average molecular weight is 329 g/mol. The highest BCUT2D eigenvalue weighted by molar-refractivity contribution is 9.10. The molecule has 5 heteroatoms. The lowest BCUT2D eigenvalue weighted by molar-refractivity contribution is 0.0182. The van der Waals surface area contributed by atoms with Gasteiger partial charge < -0.3 is 9.64 Å². The summed E-state index contributed by atoms with van der Waals surface area (Å²) in [5, 5.41) is 0. The predicted molar refractivity (Wildman–Crippen MR) is 79.0 cm³/mol. The Bertz CT molecular complexity index is 443. The molecule has 0 saturated heterocycles. The van der Waals surface area contributed by atoms with Crippen LogP contribution in [0.15, 0.2) is 22.8 Å². The molecule has 1 rings (SSSR count). The van der Waals surface area contributed by atoms with Crippen molar-refractivity contribution in [3.63, 3.8) is 0 Å². The highest BCUT2D eigenvalue weighted by Crippen LogP contribution is 2.23. The monoisotopic (exact) mass is 328 g/mol. The lowest BCUT2D eigenvalue weighted by Crippen LogP contribution is -2.38. The summed E-state index contributed by atoms with van der Waals surface area (Å²) < 4.78 is 6.36. The van der Waals surface area contributed by atoms with Crippen LogP contribution in [0.5, 0.6) is 0 Å². The van der Waals surface area contributed by atoms with Gasteiger partial charge in [0.15, 0.2) is 0 Å². The molecule has 19 heavy (non-hydrogen) atoms. The fourth-order valence-electron chi connectivity index (χ4n) is 1.69. The fourth-order valence-corrected chi connectivity index (χ4v) is 2.04. The Labute approximate surface area is 123 Å². The van der Waals surface area contributed by atoms with E-state index in [1.807, 2.05) is 46.8 Å². The second-order valence-electron chi connectivity index (χ2n) is 5.34. The van der Waals surface area contributed by atoms with Gasteiger partial charge in [-0.05, 0) is 46.8 Å². The van der Waals surface area contributed by atoms with E-state index in [1.54, 1.807) is 11.1 Å². The molecule has 1 heterocycles. The van der Waals surface area contributed by atoms with Gasteiger partial charge in [0, 0.05) is 17.2 Å². The Kier molecular flexibility index (Phi) is 5.35. The van der Waals surface area contributed by atoms with Gasteiger partial charge in [-0.15, -0.1) is 0 Å². The summed E-state index contributed by atoms with van der Waals surface area (Å²) in [5.41, 5.74) is 0.344. The zero-order valence-electron chi connectivity index (χ0n) is 12.1. The van der Waals surface area contributed by atoms with Gasteiger partial charge in [0.05, 0.1) is 11.7 Å². The number of hydrogen-bond acceptors (Lipinski definition) is 3. The number of ether oxygens (including phenoxy) is 1. The third kappa shape index (κ3) is 4.82. The van der Waals surface area contributed by atoms with Crippen LogP contribution >= 0.6 is 15.9 Å². The smallest absolute Gasteiger partial charge is 0.410 e. The van der Waals surface area contributed by atoms with Gasteiger partial charge in [-0.3, -0.25) is 4.98 Å². The van der Waals surface area contributed by atoms with E-state index in [1.165, 1.54) is 0 Å². The van der Waals surface area contributed by atoms with Gasteiger partial charge in [-0.25, -0.2) is 4.79 Å². The largest absolute Gasteiger partial charge is 0.444 e. The Morgan fingerprint density at radius 3 is 2.63 bits per heavy atom. The molecule has 0 radical (unpaired) electrons. The molecule has 106 valence electrons. The Morgan fingerprint density at radius 1 is 1.53 bits per heavy atom. The molecule has 0 spiro atoms. The molecule has 0 unspecified atom stereocenters. The number of carbonyl (C=O) groups is 1. The van der Waals surface area contributed by atoms with Crippen molar-refractivity contribution in [2.45, 2.75) is 46.3 Å². The highest BCUT2D eigenvalue weighted by atomic mass is 79.9. The Morgan fingerprint density at radius 2 is 2.16 bits per heavy atom. The summed E-state index contributed by atoms with van der Waals surface area (Å²) in [5.74, 6) is 0. The fraction of sp³-hybridized carbons (Fsp3) is 0.571. The molecule has 1 amide bonds. The summed E-state index contributed by atoms with van der Waals surface area (Å²) in [6.07, 6.45) is 1.41. The van der Waals surface area contributed by atoms with E-state index in [0.29, 0.717) is 6.54 Å². The first kappa shape index (κ1) is 16.0. The molecule has 1 aromatic rings. The third-order valence-electron chi connectivity index (χ3n) is 2.61. The third-order valence-corrected chi connectivity index (χ3v) is 3.10. The van der Waals surface area contributed by atoms with E-state index in [2.05, 4.69) is 20.9 Å². The zero-order valence-corrected chi connectivity index (χ0v) is 13.7. The van der Waals surface area contributed by atoms with Crippen LogP contribution in [0.25, 0.3) is 0 Å². The molecule has 0 saturated carbocycles. The second-order valence-corrected chi connectivity index (χ2v) is 6.26. The van der Waals surface area contributed by atoms with Crippen LogP contribution in [0.2, 0.25) is 0 Å². The topological polar surface area (TPSA) is 42.4 Å². The summed E-state index contributed by atoms with van der Waals surface area (Å²) in [6.45, 7) is 10.0. The van der Waals surface area contributed by atoms with Gasteiger partial charge in [-0.1, -0.05) is 15.9 Å². The summed E-state index contributed by atoms with van der Waals surface area (Å²) in [7, 11) is 0. The van der Waals surface area contributed by atoms with Gasteiger partial charge >= 0.3 is 6.09 Å². The summed E-state index contributed by atoms with van der Waals surface area (Å²) in [6, 6.07) is 3.65. The van der Waals surface area contributed by atoms with Gasteiger partial charge in [0.1, 0.15) is 5.60 Å². The molecule has 0 aromatic carbocycles. The van der Waals surface area contributed by atoms with Crippen molar-refractivity contribution in [2.24, 2.45) is 0 Å². The number of aromatic nitrogens is 1. The second kappa shape index (κ2) is 6.37. The van der Waals surface area contributed by atoms with E-state index >= 15 is 0 Å². The molecule has 0 aliphatic heterocycles. The van der Waals surface area contributed by atoms with Crippen LogP contribution in [0.4, 0.5) is 4.79 Å². The van der Waals surface area contributed by atoms with Crippen LogP contribution in [0.3, 0.4) is 0 Å². The lowest BCUT2D eigenvalue weighted by Gasteiger charge is -2.30. The van der Waals surface area contributed by atoms with Crippen molar-refractivity contribution < 1.29 is 9.53 Å². The van der Waals surface area contributed by atoms with Crippen LogP contribution < -0.4 is 0 Å². The number of pyridine rings is 1. The van der Waals surface area contributed by atoms with Crippen LogP contribution in [0, 0.1) is 0 Å². The number of amides is 1. The maximum Gasteiger partial charge on any atom is 0.410 e. The van der Waals surface area contributed by atoms with Gasteiger partial charge in [0.25, 0.3) is 0 Å². The number of nitrogens with zero attached hydrogens (tertiary/aromatic N) is 2. The maximum atomic E-state index is 12.2. The molecular formula is C14H21BrN2O2. The minimum atomic E-state index is -0.491. The van der Waals surface area contributed by atoms with Crippen LogP contribution in [-0.4, -0.2) is 28.1 Å². The first-order chi connectivity index (χ1) is 8.74. The molecule has 1 atom stereocenters. The van der Waals surface area contributed by atoms with Crippen LogP contribution in [0.1, 0.15) is 46.4 Å². The summed E-state index contributed by atoms with van der Waals surface area (Å²) in [4.78, 5) is 18.1. The molecule has 1 aromatic heterocycles. The highest BCUT2D eigenvalue weighted by Gasteiger charge is 2.26. The average Bonchev–Trinajstić information content (AvgIpc) is 2.27.